The zero-order chi connectivity index (χ0) is 25.4. The number of carbonyl (C=O) groups is 2. The van der Waals surface area contributed by atoms with E-state index in [1.165, 1.54) is 25.8 Å². The standard InChI is InChI=1S/C27H34O7S/c1-18(28)32-21(17-31-16-19-12-8-6-9-13-19)22-23(30-5)24(34-26(29)27(2,3)4)25(33-22)35-20-14-10-7-11-15-20/h6-15,21-25H,16-17H2,1-5H3/t21-,22+,23+,24+,25?/m0/s1. The Hall–Kier alpha value is -2.39. The van der Waals surface area contributed by atoms with Crippen molar-refractivity contribution < 1.29 is 33.3 Å². The molecule has 0 amide bonds. The van der Waals surface area contributed by atoms with E-state index in [2.05, 4.69) is 0 Å². The predicted octanol–water partition coefficient (Wildman–Crippen LogP) is 4.63. The zero-order valence-corrected chi connectivity index (χ0v) is 21.7. The van der Waals surface area contributed by atoms with Crippen LogP contribution in [0.1, 0.15) is 33.3 Å². The number of ether oxygens (including phenoxy) is 5. The summed E-state index contributed by atoms with van der Waals surface area (Å²) in [4.78, 5) is 25.7. The predicted molar refractivity (Wildman–Crippen MR) is 133 cm³/mol. The third-order valence-electron chi connectivity index (χ3n) is 5.41. The fraction of sp³-hybridized carbons (Fsp3) is 0.481. The molecule has 1 saturated heterocycles. The Bertz CT molecular complexity index is 945. The molecule has 0 radical (unpaired) electrons. The fourth-order valence-corrected chi connectivity index (χ4v) is 4.76. The highest BCUT2D eigenvalue weighted by atomic mass is 32.2. The maximum atomic E-state index is 12.8. The van der Waals surface area contributed by atoms with Crippen molar-refractivity contribution in [1.29, 1.82) is 0 Å². The summed E-state index contributed by atoms with van der Waals surface area (Å²) in [5.74, 6) is -0.823. The first-order chi connectivity index (χ1) is 16.7. The van der Waals surface area contributed by atoms with Gasteiger partial charge in [0.25, 0.3) is 0 Å². The summed E-state index contributed by atoms with van der Waals surface area (Å²) in [7, 11) is 1.53. The number of esters is 2. The molecule has 1 unspecified atom stereocenters. The lowest BCUT2D eigenvalue weighted by molar-refractivity contribution is -0.169. The van der Waals surface area contributed by atoms with Crippen molar-refractivity contribution in [3.63, 3.8) is 0 Å². The van der Waals surface area contributed by atoms with E-state index in [-0.39, 0.29) is 12.6 Å². The average Bonchev–Trinajstić information content (AvgIpc) is 3.15. The molecule has 0 N–H and O–H groups in total. The highest BCUT2D eigenvalue weighted by Crippen LogP contribution is 2.39. The van der Waals surface area contributed by atoms with Gasteiger partial charge in [-0.25, -0.2) is 0 Å². The van der Waals surface area contributed by atoms with Crippen LogP contribution in [0.3, 0.4) is 0 Å². The molecule has 0 aromatic heterocycles. The maximum absolute atomic E-state index is 12.8. The number of carbonyl (C=O) groups excluding carboxylic acids is 2. The third kappa shape index (κ3) is 7.80. The lowest BCUT2D eigenvalue weighted by atomic mass is 9.97. The normalized spacial score (nSPS) is 23.0. The van der Waals surface area contributed by atoms with Crippen molar-refractivity contribution in [3.05, 3.63) is 66.2 Å². The van der Waals surface area contributed by atoms with Gasteiger partial charge in [0.2, 0.25) is 0 Å². The van der Waals surface area contributed by atoms with Crippen LogP contribution in [0, 0.1) is 5.41 Å². The second-order valence-electron chi connectivity index (χ2n) is 9.37. The molecule has 2 aromatic rings. The topological polar surface area (TPSA) is 80.3 Å². The minimum absolute atomic E-state index is 0.0989. The second-order valence-corrected chi connectivity index (χ2v) is 10.5. The van der Waals surface area contributed by atoms with E-state index in [0.29, 0.717) is 6.61 Å². The monoisotopic (exact) mass is 502 g/mol. The van der Waals surface area contributed by atoms with Gasteiger partial charge in [-0.1, -0.05) is 60.3 Å². The molecule has 1 heterocycles. The van der Waals surface area contributed by atoms with Gasteiger partial charge in [-0.3, -0.25) is 9.59 Å². The van der Waals surface area contributed by atoms with Crippen molar-refractivity contribution in [2.75, 3.05) is 13.7 Å². The number of benzene rings is 2. The molecule has 35 heavy (non-hydrogen) atoms. The van der Waals surface area contributed by atoms with Gasteiger partial charge in [-0.2, -0.15) is 0 Å². The third-order valence-corrected chi connectivity index (χ3v) is 6.56. The van der Waals surface area contributed by atoms with Crippen LogP contribution in [-0.4, -0.2) is 55.5 Å². The molecular formula is C27H34O7S. The van der Waals surface area contributed by atoms with E-state index in [1.807, 2.05) is 60.7 Å². The van der Waals surface area contributed by atoms with Crippen LogP contribution in [-0.2, 0) is 39.9 Å². The second kappa shape index (κ2) is 12.5. The van der Waals surface area contributed by atoms with Gasteiger partial charge >= 0.3 is 11.9 Å². The first-order valence-corrected chi connectivity index (χ1v) is 12.5. The van der Waals surface area contributed by atoms with Crippen molar-refractivity contribution in [2.24, 2.45) is 5.41 Å². The molecule has 3 rings (SSSR count). The Kier molecular flexibility index (Phi) is 9.74. The van der Waals surface area contributed by atoms with Gasteiger partial charge in [0.15, 0.2) is 12.2 Å². The Balaban J connectivity index is 1.81. The van der Waals surface area contributed by atoms with Crippen LogP contribution in [0.5, 0.6) is 0 Å². The van der Waals surface area contributed by atoms with Crippen molar-refractivity contribution in [1.82, 2.24) is 0 Å². The number of hydrogen-bond donors (Lipinski definition) is 0. The number of thioether (sulfide) groups is 1. The van der Waals surface area contributed by atoms with Gasteiger partial charge in [0.1, 0.15) is 17.6 Å². The van der Waals surface area contributed by atoms with E-state index in [4.69, 9.17) is 23.7 Å². The summed E-state index contributed by atoms with van der Waals surface area (Å²) in [5, 5.41) is 0. The van der Waals surface area contributed by atoms with Crippen LogP contribution in [0.15, 0.2) is 65.6 Å². The Morgan fingerprint density at radius 3 is 2.20 bits per heavy atom. The largest absolute Gasteiger partial charge is 0.457 e. The first-order valence-electron chi connectivity index (χ1n) is 11.6. The lowest BCUT2D eigenvalue weighted by Gasteiger charge is -2.28. The number of hydrogen-bond acceptors (Lipinski definition) is 8. The van der Waals surface area contributed by atoms with Crippen molar-refractivity contribution in [2.45, 2.75) is 69.0 Å². The Morgan fingerprint density at radius 2 is 1.63 bits per heavy atom. The Labute approximate surface area is 211 Å². The quantitative estimate of drug-likeness (QED) is 0.435. The van der Waals surface area contributed by atoms with Crippen LogP contribution < -0.4 is 0 Å². The molecule has 2 aromatic carbocycles. The first kappa shape index (κ1) is 27.2. The summed E-state index contributed by atoms with van der Waals surface area (Å²) >= 11 is 1.43. The molecule has 0 aliphatic carbocycles. The van der Waals surface area contributed by atoms with Gasteiger partial charge in [-0.05, 0) is 38.5 Å². The molecule has 0 bridgehead atoms. The van der Waals surface area contributed by atoms with Crippen LogP contribution >= 0.6 is 11.8 Å². The highest BCUT2D eigenvalue weighted by Gasteiger charge is 2.52. The van der Waals surface area contributed by atoms with E-state index >= 15 is 0 Å². The number of rotatable bonds is 10. The molecule has 0 spiro atoms. The lowest BCUT2D eigenvalue weighted by Crippen LogP contribution is -2.46. The van der Waals surface area contributed by atoms with Gasteiger partial charge in [0.05, 0.1) is 18.6 Å². The smallest absolute Gasteiger partial charge is 0.311 e. The molecule has 1 aliphatic heterocycles. The SMILES string of the molecule is CO[C@@H]1[C@@H]([C@H](COCc2ccccc2)OC(C)=O)OC(Sc2ccccc2)[C@@H]1OC(=O)C(C)(C)C. The summed E-state index contributed by atoms with van der Waals surface area (Å²) < 4.78 is 29.6. The van der Waals surface area contributed by atoms with Gasteiger partial charge < -0.3 is 23.7 Å². The van der Waals surface area contributed by atoms with Crippen molar-refractivity contribution in [3.8, 4) is 0 Å². The van der Waals surface area contributed by atoms with Crippen LogP contribution in [0.4, 0.5) is 0 Å². The van der Waals surface area contributed by atoms with Crippen LogP contribution in [0.2, 0.25) is 0 Å². The summed E-state index contributed by atoms with van der Waals surface area (Å²) in [6.45, 7) is 7.18. The summed E-state index contributed by atoms with van der Waals surface area (Å²) in [5.41, 5.74) is -0.267. The van der Waals surface area contributed by atoms with E-state index < -0.39 is 41.2 Å². The molecule has 7 nitrogen and oxygen atoms in total. The van der Waals surface area contributed by atoms with Crippen molar-refractivity contribution >= 4 is 23.7 Å². The number of methoxy groups -OCH3 is 1. The van der Waals surface area contributed by atoms with E-state index in [0.717, 1.165) is 10.5 Å². The maximum Gasteiger partial charge on any atom is 0.311 e. The van der Waals surface area contributed by atoms with Gasteiger partial charge in [0, 0.05) is 18.9 Å². The molecule has 190 valence electrons. The minimum Gasteiger partial charge on any atom is -0.457 e. The molecular weight excluding hydrogens is 468 g/mol. The Morgan fingerprint density at radius 1 is 1.00 bits per heavy atom. The molecule has 8 heteroatoms. The van der Waals surface area contributed by atoms with Crippen LogP contribution in [0.25, 0.3) is 0 Å². The van der Waals surface area contributed by atoms with Gasteiger partial charge in [-0.15, -0.1) is 0 Å². The van der Waals surface area contributed by atoms with E-state index in [9.17, 15) is 9.59 Å². The molecule has 1 aliphatic rings. The summed E-state index contributed by atoms with van der Waals surface area (Å²) in [6.07, 6.45) is -2.82. The minimum atomic E-state index is -0.752. The zero-order valence-electron chi connectivity index (χ0n) is 20.8. The summed E-state index contributed by atoms with van der Waals surface area (Å²) in [6, 6.07) is 19.4. The van der Waals surface area contributed by atoms with E-state index in [1.54, 1.807) is 20.8 Å². The fourth-order valence-electron chi connectivity index (χ4n) is 3.65. The highest BCUT2D eigenvalue weighted by molar-refractivity contribution is 7.99. The molecule has 5 atom stereocenters. The molecule has 1 fully saturated rings. The molecule has 0 saturated carbocycles. The average molecular weight is 503 g/mol.